The number of hydrogen-bond donors (Lipinski definition) is 1. The Morgan fingerprint density at radius 2 is 2.12 bits per heavy atom. The van der Waals surface area contributed by atoms with Crippen LogP contribution in [-0.4, -0.2) is 22.5 Å². The van der Waals surface area contributed by atoms with Gasteiger partial charge in [0.2, 0.25) is 0 Å². The van der Waals surface area contributed by atoms with Gasteiger partial charge in [0.05, 0.1) is 10.2 Å². The minimum atomic E-state index is -0.193. The average Bonchev–Trinajstić information content (AvgIpc) is 2.71. The van der Waals surface area contributed by atoms with Gasteiger partial charge in [-0.1, -0.05) is 11.3 Å². The van der Waals surface area contributed by atoms with E-state index in [4.69, 9.17) is 0 Å². The summed E-state index contributed by atoms with van der Waals surface area (Å²) in [5, 5.41) is 4.38. The molecule has 2 heterocycles. The van der Waals surface area contributed by atoms with E-state index in [2.05, 4.69) is 10.3 Å². The van der Waals surface area contributed by atoms with E-state index in [0.29, 0.717) is 6.04 Å². The molecule has 0 saturated carbocycles. The molecule has 0 bridgehead atoms. The number of rotatable bonds is 2. The third-order valence-electron chi connectivity index (χ3n) is 2.90. The molecule has 1 N–H and O–H groups in total. The number of fused-ring (bicyclic) bond motifs is 1. The van der Waals surface area contributed by atoms with Gasteiger partial charge in [0.15, 0.2) is 5.13 Å². The summed E-state index contributed by atoms with van der Waals surface area (Å²) in [6, 6.07) is 5.28. The third-order valence-corrected chi connectivity index (χ3v) is 4.90. The van der Waals surface area contributed by atoms with Crippen LogP contribution < -0.4 is 5.32 Å². The van der Waals surface area contributed by atoms with Crippen molar-refractivity contribution in [3.8, 4) is 0 Å². The summed E-state index contributed by atoms with van der Waals surface area (Å²) in [4.78, 5) is 4.48. The number of anilines is 1. The Labute approximate surface area is 108 Å². The molecule has 0 spiro atoms. The van der Waals surface area contributed by atoms with Gasteiger partial charge in [-0.25, -0.2) is 9.37 Å². The van der Waals surface area contributed by atoms with Crippen LogP contribution in [0.4, 0.5) is 9.52 Å². The maximum atomic E-state index is 13.1. The molecule has 0 atom stereocenters. The van der Waals surface area contributed by atoms with Crippen molar-refractivity contribution in [2.75, 3.05) is 16.8 Å². The highest BCUT2D eigenvalue weighted by molar-refractivity contribution is 7.99. The van der Waals surface area contributed by atoms with E-state index in [9.17, 15) is 4.39 Å². The molecule has 0 unspecified atom stereocenters. The van der Waals surface area contributed by atoms with Crippen LogP contribution in [0.2, 0.25) is 0 Å². The number of benzene rings is 1. The lowest BCUT2D eigenvalue weighted by Crippen LogP contribution is -2.24. The molecule has 2 nitrogen and oxygen atoms in total. The Balaban J connectivity index is 1.80. The first kappa shape index (κ1) is 11.3. The number of thiazole rings is 1. The molecule has 0 radical (unpaired) electrons. The first-order chi connectivity index (χ1) is 8.31. The van der Waals surface area contributed by atoms with E-state index in [1.807, 2.05) is 11.8 Å². The van der Waals surface area contributed by atoms with Gasteiger partial charge in [0.25, 0.3) is 0 Å². The van der Waals surface area contributed by atoms with Crippen LogP contribution in [0.3, 0.4) is 0 Å². The topological polar surface area (TPSA) is 24.9 Å². The second kappa shape index (κ2) is 4.82. The fourth-order valence-corrected chi connectivity index (χ4v) is 4.05. The predicted octanol–water partition coefficient (Wildman–Crippen LogP) is 3.74. The van der Waals surface area contributed by atoms with Crippen LogP contribution in [0.5, 0.6) is 0 Å². The maximum Gasteiger partial charge on any atom is 0.184 e. The van der Waals surface area contributed by atoms with Crippen molar-refractivity contribution in [3.05, 3.63) is 24.0 Å². The second-order valence-corrected chi connectivity index (χ2v) is 6.42. The molecule has 1 fully saturated rings. The molecular weight excluding hydrogens is 255 g/mol. The Bertz CT molecular complexity index is 520. The van der Waals surface area contributed by atoms with Gasteiger partial charge >= 0.3 is 0 Å². The summed E-state index contributed by atoms with van der Waals surface area (Å²) in [6.45, 7) is 0. The molecule has 17 heavy (non-hydrogen) atoms. The molecular formula is C12H13FN2S2. The Kier molecular flexibility index (Phi) is 3.20. The van der Waals surface area contributed by atoms with Gasteiger partial charge < -0.3 is 5.32 Å². The lowest BCUT2D eigenvalue weighted by Gasteiger charge is -2.21. The van der Waals surface area contributed by atoms with Crippen molar-refractivity contribution in [1.29, 1.82) is 0 Å². The number of halogens is 1. The molecule has 1 aromatic carbocycles. The quantitative estimate of drug-likeness (QED) is 0.898. The minimum absolute atomic E-state index is 0.193. The van der Waals surface area contributed by atoms with E-state index >= 15 is 0 Å². The first-order valence-corrected chi connectivity index (χ1v) is 7.69. The zero-order chi connectivity index (χ0) is 11.7. The molecule has 1 saturated heterocycles. The van der Waals surface area contributed by atoms with Crippen molar-refractivity contribution in [2.24, 2.45) is 0 Å². The first-order valence-electron chi connectivity index (χ1n) is 5.71. The molecule has 2 aromatic rings. The van der Waals surface area contributed by atoms with Gasteiger partial charge in [0.1, 0.15) is 5.82 Å². The molecule has 0 amide bonds. The highest BCUT2D eigenvalue weighted by atomic mass is 32.2. The van der Waals surface area contributed by atoms with E-state index in [1.54, 1.807) is 12.1 Å². The lowest BCUT2D eigenvalue weighted by atomic mass is 10.2. The molecule has 90 valence electrons. The molecule has 1 aliphatic rings. The van der Waals surface area contributed by atoms with Crippen molar-refractivity contribution in [3.63, 3.8) is 0 Å². The zero-order valence-corrected chi connectivity index (χ0v) is 10.9. The van der Waals surface area contributed by atoms with Gasteiger partial charge in [-0.3, -0.25) is 0 Å². The monoisotopic (exact) mass is 268 g/mol. The number of hydrogen-bond acceptors (Lipinski definition) is 4. The van der Waals surface area contributed by atoms with Crippen LogP contribution in [0.1, 0.15) is 12.8 Å². The standard InChI is InChI=1S/C12H13FN2S2/c13-8-1-2-10-11(7-8)17-12(15-10)14-9-3-5-16-6-4-9/h1-2,7,9H,3-6H2,(H,14,15). The van der Waals surface area contributed by atoms with Gasteiger partial charge in [-0.15, -0.1) is 0 Å². The van der Waals surface area contributed by atoms with Crippen LogP contribution in [0.15, 0.2) is 18.2 Å². The van der Waals surface area contributed by atoms with Crippen LogP contribution in [-0.2, 0) is 0 Å². The summed E-state index contributed by atoms with van der Waals surface area (Å²) in [7, 11) is 0. The highest BCUT2D eigenvalue weighted by Gasteiger charge is 2.15. The second-order valence-electron chi connectivity index (χ2n) is 4.16. The summed E-state index contributed by atoms with van der Waals surface area (Å²) >= 11 is 3.55. The Hall–Kier alpha value is -0.810. The van der Waals surface area contributed by atoms with Crippen molar-refractivity contribution in [2.45, 2.75) is 18.9 Å². The number of aromatic nitrogens is 1. The van der Waals surface area contributed by atoms with Crippen molar-refractivity contribution in [1.82, 2.24) is 4.98 Å². The zero-order valence-electron chi connectivity index (χ0n) is 9.28. The van der Waals surface area contributed by atoms with Crippen LogP contribution in [0, 0.1) is 5.82 Å². The van der Waals surface area contributed by atoms with Crippen LogP contribution >= 0.6 is 23.1 Å². The van der Waals surface area contributed by atoms with E-state index in [-0.39, 0.29) is 5.82 Å². The Morgan fingerprint density at radius 1 is 1.29 bits per heavy atom. The number of nitrogens with zero attached hydrogens (tertiary/aromatic N) is 1. The fraction of sp³-hybridized carbons (Fsp3) is 0.417. The number of thioether (sulfide) groups is 1. The van der Waals surface area contributed by atoms with E-state index in [0.717, 1.165) is 15.3 Å². The van der Waals surface area contributed by atoms with Gasteiger partial charge in [-0.2, -0.15) is 11.8 Å². The van der Waals surface area contributed by atoms with Crippen LogP contribution in [0.25, 0.3) is 10.2 Å². The highest BCUT2D eigenvalue weighted by Crippen LogP contribution is 2.28. The van der Waals surface area contributed by atoms with Gasteiger partial charge in [0, 0.05) is 6.04 Å². The molecule has 1 aliphatic heterocycles. The molecule has 5 heteroatoms. The Morgan fingerprint density at radius 3 is 2.94 bits per heavy atom. The maximum absolute atomic E-state index is 13.1. The van der Waals surface area contributed by atoms with E-state index in [1.165, 1.54) is 41.8 Å². The summed E-state index contributed by atoms with van der Waals surface area (Å²) < 4.78 is 14.0. The van der Waals surface area contributed by atoms with Gasteiger partial charge in [-0.05, 0) is 42.5 Å². The largest absolute Gasteiger partial charge is 0.359 e. The molecule has 0 aliphatic carbocycles. The third kappa shape index (κ3) is 2.55. The number of nitrogens with one attached hydrogen (secondary N) is 1. The summed E-state index contributed by atoms with van der Waals surface area (Å²) in [6.07, 6.45) is 2.38. The lowest BCUT2D eigenvalue weighted by molar-refractivity contribution is 0.630. The minimum Gasteiger partial charge on any atom is -0.359 e. The average molecular weight is 268 g/mol. The normalized spacial score (nSPS) is 17.5. The molecule has 1 aromatic heterocycles. The molecule has 3 rings (SSSR count). The van der Waals surface area contributed by atoms with E-state index < -0.39 is 0 Å². The summed E-state index contributed by atoms with van der Waals surface area (Å²) in [5.74, 6) is 2.25. The fourth-order valence-electron chi connectivity index (χ4n) is 1.98. The summed E-state index contributed by atoms with van der Waals surface area (Å²) in [5.41, 5.74) is 0.879. The van der Waals surface area contributed by atoms with Crippen molar-refractivity contribution >= 4 is 38.4 Å². The SMILES string of the molecule is Fc1ccc2nc(NC3CCSCC3)sc2c1. The predicted molar refractivity (Wildman–Crippen MR) is 73.5 cm³/mol. The van der Waals surface area contributed by atoms with Crippen molar-refractivity contribution < 1.29 is 4.39 Å². The smallest absolute Gasteiger partial charge is 0.184 e.